The summed E-state index contributed by atoms with van der Waals surface area (Å²) < 4.78 is 6.84. The molecule has 150 valence electrons. The van der Waals surface area contributed by atoms with Crippen molar-refractivity contribution in [2.24, 2.45) is 0 Å². The second-order valence-electron chi connectivity index (χ2n) is 7.37. The van der Waals surface area contributed by atoms with Crippen LogP contribution in [0.25, 0.3) is 0 Å². The quantitative estimate of drug-likeness (QED) is 0.705. The summed E-state index contributed by atoms with van der Waals surface area (Å²) in [6.45, 7) is 6.42. The van der Waals surface area contributed by atoms with Crippen molar-refractivity contribution in [3.8, 4) is 0 Å². The third-order valence-electron chi connectivity index (χ3n) is 5.17. The van der Waals surface area contributed by atoms with Crippen molar-refractivity contribution in [3.63, 3.8) is 0 Å². The molecule has 0 bridgehead atoms. The van der Waals surface area contributed by atoms with Gasteiger partial charge in [0.1, 0.15) is 5.76 Å². The lowest BCUT2D eigenvalue weighted by Crippen LogP contribution is -2.21. The van der Waals surface area contributed by atoms with Gasteiger partial charge in [-0.3, -0.25) is 9.59 Å². The predicted octanol–water partition coefficient (Wildman–Crippen LogP) is 3.64. The maximum Gasteiger partial charge on any atom is 0.291 e. The number of nitrogens with one attached hydrogen (secondary N) is 2. The Morgan fingerprint density at radius 1 is 1.03 bits per heavy atom. The molecule has 0 atom stereocenters. The summed E-state index contributed by atoms with van der Waals surface area (Å²) >= 11 is 0. The Kier molecular flexibility index (Phi) is 4.92. The van der Waals surface area contributed by atoms with Crippen molar-refractivity contribution in [3.05, 3.63) is 58.4 Å². The molecular weight excluding hydrogens is 370 g/mol. The molecular formula is C21H23N5O3. The lowest BCUT2D eigenvalue weighted by Gasteiger charge is -2.17. The Bertz CT molecular complexity index is 1100. The minimum atomic E-state index is -0.394. The molecule has 0 aliphatic carbocycles. The van der Waals surface area contributed by atoms with Crippen molar-refractivity contribution in [2.75, 3.05) is 10.6 Å². The summed E-state index contributed by atoms with van der Waals surface area (Å²) in [6.07, 6.45) is 2.59. The Hall–Kier alpha value is -3.42. The lowest BCUT2D eigenvalue weighted by atomic mass is 10.1. The van der Waals surface area contributed by atoms with E-state index in [1.807, 2.05) is 36.6 Å². The number of benzene rings is 1. The molecule has 1 aliphatic heterocycles. The van der Waals surface area contributed by atoms with E-state index in [0.29, 0.717) is 30.2 Å². The highest BCUT2D eigenvalue weighted by molar-refractivity contribution is 6.06. The van der Waals surface area contributed by atoms with Gasteiger partial charge in [0.15, 0.2) is 17.3 Å². The van der Waals surface area contributed by atoms with E-state index in [-0.39, 0.29) is 17.4 Å². The Morgan fingerprint density at radius 2 is 1.86 bits per heavy atom. The van der Waals surface area contributed by atoms with Gasteiger partial charge < -0.3 is 19.7 Å². The SMILES string of the molecule is Cc1cc(NC(=O)c2nc(C(=O)Nc3ccc(C)c(C)c3)n3c2CCCC3)no1. The van der Waals surface area contributed by atoms with E-state index in [9.17, 15) is 9.59 Å². The highest BCUT2D eigenvalue weighted by atomic mass is 16.5. The molecule has 0 radical (unpaired) electrons. The number of amides is 2. The number of nitrogens with zero attached hydrogens (tertiary/aromatic N) is 3. The van der Waals surface area contributed by atoms with E-state index in [1.54, 1.807) is 13.0 Å². The molecule has 1 aliphatic rings. The monoisotopic (exact) mass is 393 g/mol. The van der Waals surface area contributed by atoms with E-state index in [1.165, 1.54) is 0 Å². The van der Waals surface area contributed by atoms with E-state index in [4.69, 9.17) is 4.52 Å². The average Bonchev–Trinajstić information content (AvgIpc) is 3.28. The van der Waals surface area contributed by atoms with Crippen LogP contribution >= 0.6 is 0 Å². The third-order valence-corrected chi connectivity index (χ3v) is 5.17. The fraction of sp³-hybridized carbons (Fsp3) is 0.333. The number of fused-ring (bicyclic) bond motifs is 1. The first-order chi connectivity index (χ1) is 13.9. The van der Waals surface area contributed by atoms with E-state index in [0.717, 1.165) is 29.7 Å². The zero-order valence-corrected chi connectivity index (χ0v) is 16.7. The maximum atomic E-state index is 12.9. The van der Waals surface area contributed by atoms with Gasteiger partial charge in [-0.05, 0) is 63.3 Å². The highest BCUT2D eigenvalue weighted by Gasteiger charge is 2.28. The Labute approximate surface area is 168 Å². The molecule has 3 heterocycles. The summed E-state index contributed by atoms with van der Waals surface area (Å²) in [4.78, 5) is 30.1. The van der Waals surface area contributed by atoms with Gasteiger partial charge in [-0.1, -0.05) is 11.2 Å². The van der Waals surface area contributed by atoms with Crippen LogP contribution in [0.3, 0.4) is 0 Å². The number of aryl methyl sites for hydroxylation is 3. The van der Waals surface area contributed by atoms with Crippen molar-refractivity contribution in [1.82, 2.24) is 14.7 Å². The number of carbonyl (C=O) groups is 2. The van der Waals surface area contributed by atoms with E-state index in [2.05, 4.69) is 20.8 Å². The van der Waals surface area contributed by atoms with Crippen LogP contribution in [0.4, 0.5) is 11.5 Å². The normalized spacial score (nSPS) is 13.1. The van der Waals surface area contributed by atoms with E-state index < -0.39 is 5.91 Å². The van der Waals surface area contributed by atoms with Gasteiger partial charge in [0.25, 0.3) is 11.8 Å². The summed E-state index contributed by atoms with van der Waals surface area (Å²) in [6, 6.07) is 7.38. The molecule has 2 aromatic heterocycles. The Balaban J connectivity index is 1.62. The average molecular weight is 393 g/mol. The molecule has 0 unspecified atom stereocenters. The first-order valence-corrected chi connectivity index (χ1v) is 9.65. The van der Waals surface area contributed by atoms with Crippen molar-refractivity contribution in [1.29, 1.82) is 0 Å². The molecule has 8 nitrogen and oxygen atoms in total. The summed E-state index contributed by atoms with van der Waals surface area (Å²) in [5, 5.41) is 9.38. The number of hydrogen-bond donors (Lipinski definition) is 2. The number of imidazole rings is 1. The molecule has 3 aromatic rings. The minimum absolute atomic E-state index is 0.249. The standard InChI is InChI=1S/C21H23N5O3/c1-12-7-8-15(10-13(12)2)22-21(28)19-24-18(16-6-4-5-9-26(16)19)20(27)23-17-11-14(3)29-25-17/h7-8,10-11H,4-6,9H2,1-3H3,(H,22,28)(H,23,25,27). The molecule has 0 saturated carbocycles. The number of hydrogen-bond acceptors (Lipinski definition) is 5. The maximum absolute atomic E-state index is 12.9. The molecule has 2 amide bonds. The van der Waals surface area contributed by atoms with E-state index >= 15 is 0 Å². The van der Waals surface area contributed by atoms with Crippen LogP contribution in [-0.4, -0.2) is 26.5 Å². The van der Waals surface area contributed by atoms with Crippen molar-refractivity contribution in [2.45, 2.75) is 46.6 Å². The van der Waals surface area contributed by atoms with Gasteiger partial charge in [-0.2, -0.15) is 0 Å². The highest BCUT2D eigenvalue weighted by Crippen LogP contribution is 2.23. The van der Waals surface area contributed by atoms with Crippen molar-refractivity contribution < 1.29 is 14.1 Å². The second kappa shape index (κ2) is 7.54. The predicted molar refractivity (Wildman–Crippen MR) is 108 cm³/mol. The molecule has 29 heavy (non-hydrogen) atoms. The summed E-state index contributed by atoms with van der Waals surface area (Å²) in [7, 11) is 0. The summed E-state index contributed by atoms with van der Waals surface area (Å²) in [5.74, 6) is 0.452. The first kappa shape index (κ1) is 18.9. The fourth-order valence-corrected chi connectivity index (χ4v) is 3.51. The minimum Gasteiger partial charge on any atom is -0.360 e. The number of rotatable bonds is 4. The van der Waals surface area contributed by atoms with Gasteiger partial charge in [0, 0.05) is 18.3 Å². The number of aromatic nitrogens is 3. The van der Waals surface area contributed by atoms with Gasteiger partial charge in [-0.15, -0.1) is 0 Å². The van der Waals surface area contributed by atoms with Crippen LogP contribution < -0.4 is 10.6 Å². The zero-order valence-electron chi connectivity index (χ0n) is 16.7. The van der Waals surface area contributed by atoms with Gasteiger partial charge in [-0.25, -0.2) is 4.98 Å². The number of carbonyl (C=O) groups excluding carboxylic acids is 2. The Morgan fingerprint density at radius 3 is 2.59 bits per heavy atom. The largest absolute Gasteiger partial charge is 0.360 e. The van der Waals surface area contributed by atoms with Crippen LogP contribution in [-0.2, 0) is 13.0 Å². The topological polar surface area (TPSA) is 102 Å². The van der Waals surface area contributed by atoms with Crippen LogP contribution in [0.2, 0.25) is 0 Å². The zero-order chi connectivity index (χ0) is 20.5. The van der Waals surface area contributed by atoms with Crippen LogP contribution in [0.1, 0.15) is 56.5 Å². The molecule has 8 heteroatoms. The van der Waals surface area contributed by atoms with Gasteiger partial charge in [0.05, 0.1) is 5.69 Å². The first-order valence-electron chi connectivity index (χ1n) is 9.65. The van der Waals surface area contributed by atoms with Gasteiger partial charge >= 0.3 is 0 Å². The molecule has 0 fully saturated rings. The lowest BCUT2D eigenvalue weighted by molar-refractivity contribution is 0.101. The van der Waals surface area contributed by atoms with Crippen LogP contribution in [0, 0.1) is 20.8 Å². The molecule has 2 N–H and O–H groups in total. The fourth-order valence-electron chi connectivity index (χ4n) is 3.51. The molecule has 4 rings (SSSR count). The second-order valence-corrected chi connectivity index (χ2v) is 7.37. The summed E-state index contributed by atoms with van der Waals surface area (Å²) in [5.41, 5.74) is 3.99. The number of anilines is 2. The molecule has 0 spiro atoms. The van der Waals surface area contributed by atoms with Crippen molar-refractivity contribution >= 4 is 23.3 Å². The third kappa shape index (κ3) is 3.78. The van der Waals surface area contributed by atoms with Crippen LogP contribution in [0.5, 0.6) is 0 Å². The smallest absolute Gasteiger partial charge is 0.291 e. The van der Waals surface area contributed by atoms with Gasteiger partial charge in [0.2, 0.25) is 0 Å². The molecule has 1 aromatic carbocycles. The molecule has 0 saturated heterocycles. The van der Waals surface area contributed by atoms with Crippen LogP contribution in [0.15, 0.2) is 28.8 Å².